The quantitative estimate of drug-likeness (QED) is 0.901. The predicted molar refractivity (Wildman–Crippen MR) is 77.1 cm³/mol. The first kappa shape index (κ1) is 13.1. The Morgan fingerprint density at radius 1 is 1.37 bits per heavy atom. The van der Waals surface area contributed by atoms with Crippen LogP contribution in [0, 0.1) is 5.41 Å². The Labute approximate surface area is 115 Å². The van der Waals surface area contributed by atoms with Gasteiger partial charge in [-0.15, -0.1) is 0 Å². The van der Waals surface area contributed by atoms with E-state index in [1.54, 1.807) is 0 Å². The Hall–Kier alpha value is -0.900. The summed E-state index contributed by atoms with van der Waals surface area (Å²) in [4.78, 5) is 2.56. The Balaban J connectivity index is 1.61. The van der Waals surface area contributed by atoms with Crippen molar-refractivity contribution in [1.82, 2.24) is 4.90 Å². The fourth-order valence-corrected chi connectivity index (χ4v) is 3.37. The van der Waals surface area contributed by atoms with Gasteiger partial charge >= 0.3 is 0 Å². The van der Waals surface area contributed by atoms with Gasteiger partial charge in [-0.1, -0.05) is 37.3 Å². The molecule has 0 saturated carbocycles. The Morgan fingerprint density at radius 2 is 2.16 bits per heavy atom. The average Bonchev–Trinajstić information content (AvgIpc) is 2.99. The SMILES string of the molecule is CC1(CN2CCC(c3ccccc3)C2)COCC1N. The minimum absolute atomic E-state index is 0.131. The first-order valence-electron chi connectivity index (χ1n) is 7.28. The van der Waals surface area contributed by atoms with Crippen LogP contribution in [0.1, 0.15) is 24.8 Å². The number of nitrogens with zero attached hydrogens (tertiary/aromatic N) is 1. The second-order valence-corrected chi connectivity index (χ2v) is 6.41. The molecule has 2 fully saturated rings. The van der Waals surface area contributed by atoms with Crippen molar-refractivity contribution in [2.75, 3.05) is 32.8 Å². The van der Waals surface area contributed by atoms with Gasteiger partial charge in [-0.05, 0) is 24.4 Å². The summed E-state index contributed by atoms with van der Waals surface area (Å²) in [7, 11) is 0. The second-order valence-electron chi connectivity index (χ2n) is 6.41. The Kier molecular flexibility index (Phi) is 3.61. The summed E-state index contributed by atoms with van der Waals surface area (Å²) in [6.07, 6.45) is 1.26. The molecule has 3 heteroatoms. The Bertz CT molecular complexity index is 422. The van der Waals surface area contributed by atoms with Gasteiger partial charge in [0.25, 0.3) is 0 Å². The first-order chi connectivity index (χ1) is 9.17. The van der Waals surface area contributed by atoms with Crippen molar-refractivity contribution in [3.8, 4) is 0 Å². The largest absolute Gasteiger partial charge is 0.379 e. The normalized spacial score (nSPS) is 35.9. The van der Waals surface area contributed by atoms with E-state index >= 15 is 0 Å². The second kappa shape index (κ2) is 5.23. The lowest BCUT2D eigenvalue weighted by Gasteiger charge is -2.32. The number of benzene rings is 1. The molecule has 1 aromatic rings. The van der Waals surface area contributed by atoms with Gasteiger partial charge in [-0.3, -0.25) is 0 Å². The number of ether oxygens (including phenoxy) is 1. The van der Waals surface area contributed by atoms with Crippen LogP contribution in [0.4, 0.5) is 0 Å². The number of hydrogen-bond acceptors (Lipinski definition) is 3. The van der Waals surface area contributed by atoms with Gasteiger partial charge in [0, 0.05) is 24.5 Å². The van der Waals surface area contributed by atoms with Crippen molar-refractivity contribution in [3.63, 3.8) is 0 Å². The van der Waals surface area contributed by atoms with Gasteiger partial charge in [0.05, 0.1) is 13.2 Å². The summed E-state index contributed by atoms with van der Waals surface area (Å²) < 4.78 is 5.54. The van der Waals surface area contributed by atoms with E-state index < -0.39 is 0 Å². The summed E-state index contributed by atoms with van der Waals surface area (Å²) in [6.45, 7) is 7.19. The van der Waals surface area contributed by atoms with Gasteiger partial charge in [0.15, 0.2) is 0 Å². The highest BCUT2D eigenvalue weighted by Crippen LogP contribution is 2.33. The lowest BCUT2D eigenvalue weighted by Crippen LogP contribution is -2.46. The zero-order valence-electron chi connectivity index (χ0n) is 11.7. The molecule has 3 atom stereocenters. The van der Waals surface area contributed by atoms with Crippen LogP contribution in [0.25, 0.3) is 0 Å². The van der Waals surface area contributed by atoms with Crippen LogP contribution in [0.5, 0.6) is 0 Å². The molecule has 0 aromatic heterocycles. The van der Waals surface area contributed by atoms with Gasteiger partial charge in [-0.2, -0.15) is 0 Å². The predicted octanol–water partition coefficient (Wildman–Crippen LogP) is 1.84. The summed E-state index contributed by atoms with van der Waals surface area (Å²) in [6, 6.07) is 11.1. The van der Waals surface area contributed by atoms with Crippen LogP contribution >= 0.6 is 0 Å². The van der Waals surface area contributed by atoms with E-state index in [9.17, 15) is 0 Å². The van der Waals surface area contributed by atoms with E-state index in [0.717, 1.165) is 19.7 Å². The van der Waals surface area contributed by atoms with Crippen molar-refractivity contribution in [2.24, 2.45) is 11.1 Å². The third-order valence-corrected chi connectivity index (χ3v) is 4.75. The van der Waals surface area contributed by atoms with Gasteiger partial charge in [0.1, 0.15) is 0 Å². The minimum atomic E-state index is 0.131. The molecule has 2 saturated heterocycles. The standard InChI is InChI=1S/C16H24N2O/c1-16(12-19-10-15(16)17)11-18-8-7-14(9-18)13-5-3-2-4-6-13/h2-6,14-15H,7-12,17H2,1H3. The zero-order chi connectivity index (χ0) is 13.3. The van der Waals surface area contributed by atoms with E-state index in [-0.39, 0.29) is 11.5 Å². The Morgan fingerprint density at radius 3 is 2.84 bits per heavy atom. The molecule has 0 aliphatic carbocycles. The lowest BCUT2D eigenvalue weighted by molar-refractivity contribution is 0.129. The van der Waals surface area contributed by atoms with Crippen LogP contribution in [0.2, 0.25) is 0 Å². The molecule has 0 amide bonds. The maximum atomic E-state index is 6.19. The molecule has 19 heavy (non-hydrogen) atoms. The van der Waals surface area contributed by atoms with E-state index in [1.807, 2.05) is 0 Å². The molecular weight excluding hydrogens is 236 g/mol. The molecule has 3 unspecified atom stereocenters. The number of likely N-dealkylation sites (tertiary alicyclic amines) is 1. The molecule has 0 radical (unpaired) electrons. The maximum absolute atomic E-state index is 6.19. The van der Waals surface area contributed by atoms with E-state index in [0.29, 0.717) is 12.5 Å². The lowest BCUT2D eigenvalue weighted by atomic mass is 9.85. The third-order valence-electron chi connectivity index (χ3n) is 4.75. The van der Waals surface area contributed by atoms with Crippen molar-refractivity contribution >= 4 is 0 Å². The van der Waals surface area contributed by atoms with Gasteiger partial charge in [0.2, 0.25) is 0 Å². The van der Waals surface area contributed by atoms with E-state index in [1.165, 1.54) is 18.5 Å². The van der Waals surface area contributed by atoms with Crippen molar-refractivity contribution in [1.29, 1.82) is 0 Å². The van der Waals surface area contributed by atoms with Crippen LogP contribution in [-0.4, -0.2) is 43.8 Å². The molecule has 0 bridgehead atoms. The first-order valence-corrected chi connectivity index (χ1v) is 7.28. The zero-order valence-corrected chi connectivity index (χ0v) is 11.7. The average molecular weight is 260 g/mol. The van der Waals surface area contributed by atoms with Crippen molar-refractivity contribution in [2.45, 2.75) is 25.3 Å². The monoisotopic (exact) mass is 260 g/mol. The summed E-state index contributed by atoms with van der Waals surface area (Å²) in [5.74, 6) is 0.684. The van der Waals surface area contributed by atoms with Crippen LogP contribution < -0.4 is 5.73 Å². The fourth-order valence-electron chi connectivity index (χ4n) is 3.37. The number of hydrogen-bond donors (Lipinski definition) is 1. The smallest absolute Gasteiger partial charge is 0.0624 e. The van der Waals surface area contributed by atoms with E-state index in [2.05, 4.69) is 42.2 Å². The van der Waals surface area contributed by atoms with E-state index in [4.69, 9.17) is 10.5 Å². The molecule has 1 aromatic carbocycles. The molecule has 2 aliphatic heterocycles. The molecule has 3 nitrogen and oxygen atoms in total. The van der Waals surface area contributed by atoms with Crippen LogP contribution in [-0.2, 0) is 4.74 Å². The molecule has 2 N–H and O–H groups in total. The number of rotatable bonds is 3. The van der Waals surface area contributed by atoms with Crippen LogP contribution in [0.3, 0.4) is 0 Å². The van der Waals surface area contributed by atoms with Gasteiger partial charge < -0.3 is 15.4 Å². The van der Waals surface area contributed by atoms with Gasteiger partial charge in [-0.25, -0.2) is 0 Å². The highest BCUT2D eigenvalue weighted by molar-refractivity contribution is 5.21. The highest BCUT2D eigenvalue weighted by atomic mass is 16.5. The summed E-state index contributed by atoms with van der Waals surface area (Å²) in [5, 5.41) is 0. The fraction of sp³-hybridized carbons (Fsp3) is 0.625. The molecule has 3 rings (SSSR count). The molecule has 104 valence electrons. The minimum Gasteiger partial charge on any atom is -0.379 e. The molecule has 2 aliphatic rings. The molecule has 2 heterocycles. The summed E-state index contributed by atoms with van der Waals surface area (Å²) >= 11 is 0. The maximum Gasteiger partial charge on any atom is 0.0624 e. The third kappa shape index (κ3) is 2.69. The molecule has 0 spiro atoms. The summed E-state index contributed by atoms with van der Waals surface area (Å²) in [5.41, 5.74) is 7.79. The molecular formula is C16H24N2O. The van der Waals surface area contributed by atoms with Crippen LogP contribution in [0.15, 0.2) is 30.3 Å². The van der Waals surface area contributed by atoms with Crippen molar-refractivity contribution < 1.29 is 4.74 Å². The topological polar surface area (TPSA) is 38.5 Å². The van der Waals surface area contributed by atoms with Crippen molar-refractivity contribution in [3.05, 3.63) is 35.9 Å². The number of nitrogens with two attached hydrogens (primary N) is 1. The highest BCUT2D eigenvalue weighted by Gasteiger charge is 2.40.